The molecule has 104 valence electrons. The number of benzene rings is 1. The zero-order valence-corrected chi connectivity index (χ0v) is 11.2. The van der Waals surface area contributed by atoms with Crippen molar-refractivity contribution in [3.05, 3.63) is 60.1 Å². The summed E-state index contributed by atoms with van der Waals surface area (Å²) >= 11 is 0. The molecule has 0 aliphatic heterocycles. The zero-order valence-electron chi connectivity index (χ0n) is 11.2. The Morgan fingerprint density at radius 3 is 2.50 bits per heavy atom. The molecule has 4 heteroatoms. The largest absolute Gasteiger partial charge is 0.467 e. The number of Topliss-reactive ketones (excluding diaryl/α,β-unsaturated/α-hetero) is 1. The fourth-order valence-corrected chi connectivity index (χ4v) is 1.87. The van der Waals surface area contributed by atoms with Crippen molar-refractivity contribution in [3.8, 4) is 0 Å². The third-order valence-electron chi connectivity index (χ3n) is 2.94. The van der Waals surface area contributed by atoms with Crippen LogP contribution in [0.15, 0.2) is 53.1 Å². The number of amides is 1. The highest BCUT2D eigenvalue weighted by atomic mass is 16.3. The van der Waals surface area contributed by atoms with Crippen molar-refractivity contribution in [2.24, 2.45) is 0 Å². The molecule has 0 fully saturated rings. The van der Waals surface area contributed by atoms with Crippen molar-refractivity contribution in [1.29, 1.82) is 0 Å². The van der Waals surface area contributed by atoms with E-state index in [9.17, 15) is 9.59 Å². The van der Waals surface area contributed by atoms with E-state index in [2.05, 4.69) is 5.32 Å². The van der Waals surface area contributed by atoms with Gasteiger partial charge in [0.25, 0.3) is 0 Å². The highest BCUT2D eigenvalue weighted by Crippen LogP contribution is 2.07. The number of carbonyl (C=O) groups excluding carboxylic acids is 2. The van der Waals surface area contributed by atoms with Crippen LogP contribution in [0.2, 0.25) is 0 Å². The van der Waals surface area contributed by atoms with Crippen LogP contribution in [0.25, 0.3) is 0 Å². The summed E-state index contributed by atoms with van der Waals surface area (Å²) in [6.07, 6.45) is 2.86. The van der Waals surface area contributed by atoms with Crippen LogP contribution in [-0.2, 0) is 11.3 Å². The second-order valence-corrected chi connectivity index (χ2v) is 4.50. The van der Waals surface area contributed by atoms with Gasteiger partial charge in [0.15, 0.2) is 5.78 Å². The third kappa shape index (κ3) is 4.39. The van der Waals surface area contributed by atoms with E-state index in [1.807, 2.05) is 18.2 Å². The lowest BCUT2D eigenvalue weighted by Gasteiger charge is -2.03. The summed E-state index contributed by atoms with van der Waals surface area (Å²) in [7, 11) is 0. The van der Waals surface area contributed by atoms with Crippen LogP contribution in [0.1, 0.15) is 35.4 Å². The van der Waals surface area contributed by atoms with Gasteiger partial charge in [-0.1, -0.05) is 30.3 Å². The minimum atomic E-state index is -0.0674. The van der Waals surface area contributed by atoms with E-state index in [-0.39, 0.29) is 11.7 Å². The van der Waals surface area contributed by atoms with Gasteiger partial charge in [-0.2, -0.15) is 0 Å². The molecule has 4 nitrogen and oxygen atoms in total. The molecule has 1 amide bonds. The number of ketones is 1. The van der Waals surface area contributed by atoms with E-state index in [1.54, 1.807) is 30.5 Å². The van der Waals surface area contributed by atoms with E-state index in [0.717, 1.165) is 5.76 Å². The predicted molar refractivity (Wildman–Crippen MR) is 75.2 cm³/mol. The van der Waals surface area contributed by atoms with Gasteiger partial charge in [-0.25, -0.2) is 0 Å². The minimum Gasteiger partial charge on any atom is -0.467 e. The SMILES string of the molecule is O=C(CCCC(=O)c1ccccc1)NCc1ccco1. The Hall–Kier alpha value is -2.36. The topological polar surface area (TPSA) is 59.3 Å². The molecule has 0 atom stereocenters. The molecule has 0 aliphatic rings. The van der Waals surface area contributed by atoms with Gasteiger partial charge in [-0.15, -0.1) is 0 Å². The summed E-state index contributed by atoms with van der Waals surface area (Å²) in [5.41, 5.74) is 0.698. The summed E-state index contributed by atoms with van der Waals surface area (Å²) < 4.78 is 5.12. The normalized spacial score (nSPS) is 10.2. The van der Waals surface area contributed by atoms with Crippen LogP contribution < -0.4 is 5.32 Å². The molecule has 1 aromatic heterocycles. The van der Waals surface area contributed by atoms with Gasteiger partial charge in [-0.05, 0) is 18.6 Å². The Kier molecular flexibility index (Phi) is 5.12. The van der Waals surface area contributed by atoms with Crippen LogP contribution in [-0.4, -0.2) is 11.7 Å². The first-order valence-electron chi connectivity index (χ1n) is 6.63. The highest BCUT2D eigenvalue weighted by Gasteiger charge is 2.07. The first-order chi connectivity index (χ1) is 9.75. The lowest BCUT2D eigenvalue weighted by atomic mass is 10.1. The maximum Gasteiger partial charge on any atom is 0.220 e. The van der Waals surface area contributed by atoms with Gasteiger partial charge < -0.3 is 9.73 Å². The molecule has 1 N–H and O–H groups in total. The van der Waals surface area contributed by atoms with Crippen LogP contribution in [0.4, 0.5) is 0 Å². The second kappa shape index (κ2) is 7.28. The van der Waals surface area contributed by atoms with Gasteiger partial charge in [0.05, 0.1) is 12.8 Å². The summed E-state index contributed by atoms with van der Waals surface area (Å²) in [5, 5.41) is 2.75. The minimum absolute atomic E-state index is 0.0674. The number of hydrogen-bond acceptors (Lipinski definition) is 3. The van der Waals surface area contributed by atoms with Crippen molar-refractivity contribution < 1.29 is 14.0 Å². The molecule has 0 saturated heterocycles. The van der Waals surface area contributed by atoms with Gasteiger partial charge in [0, 0.05) is 18.4 Å². The van der Waals surface area contributed by atoms with E-state index >= 15 is 0 Å². The number of rotatable bonds is 7. The lowest BCUT2D eigenvalue weighted by Crippen LogP contribution is -2.22. The van der Waals surface area contributed by atoms with E-state index in [0.29, 0.717) is 31.4 Å². The molecule has 2 rings (SSSR count). The Balaban J connectivity index is 1.65. The molecule has 0 spiro atoms. The first-order valence-corrected chi connectivity index (χ1v) is 6.63. The second-order valence-electron chi connectivity index (χ2n) is 4.50. The van der Waals surface area contributed by atoms with Crippen molar-refractivity contribution in [3.63, 3.8) is 0 Å². The zero-order chi connectivity index (χ0) is 14.2. The summed E-state index contributed by atoms with van der Waals surface area (Å²) in [5.74, 6) is 0.727. The van der Waals surface area contributed by atoms with Gasteiger partial charge >= 0.3 is 0 Å². The van der Waals surface area contributed by atoms with Crippen molar-refractivity contribution in [2.75, 3.05) is 0 Å². The number of hydrogen-bond donors (Lipinski definition) is 1. The fourth-order valence-electron chi connectivity index (χ4n) is 1.87. The quantitative estimate of drug-likeness (QED) is 0.788. The predicted octanol–water partition coefficient (Wildman–Crippen LogP) is 2.95. The Morgan fingerprint density at radius 1 is 1.00 bits per heavy atom. The first kappa shape index (κ1) is 14.1. The lowest BCUT2D eigenvalue weighted by molar-refractivity contribution is -0.121. The number of carbonyl (C=O) groups is 2. The summed E-state index contributed by atoms with van der Waals surface area (Å²) in [4.78, 5) is 23.4. The summed E-state index contributed by atoms with van der Waals surface area (Å²) in [6, 6.07) is 12.7. The number of nitrogens with one attached hydrogen (secondary N) is 1. The monoisotopic (exact) mass is 271 g/mol. The van der Waals surface area contributed by atoms with E-state index < -0.39 is 0 Å². The Labute approximate surface area is 117 Å². The van der Waals surface area contributed by atoms with Crippen LogP contribution >= 0.6 is 0 Å². The van der Waals surface area contributed by atoms with E-state index in [4.69, 9.17) is 4.42 Å². The van der Waals surface area contributed by atoms with Gasteiger partial charge in [0.2, 0.25) is 5.91 Å². The maximum absolute atomic E-state index is 11.8. The molecule has 0 bridgehead atoms. The molecule has 20 heavy (non-hydrogen) atoms. The molecule has 0 aliphatic carbocycles. The number of furan rings is 1. The molecule has 0 saturated carbocycles. The van der Waals surface area contributed by atoms with Gasteiger partial charge in [0.1, 0.15) is 5.76 Å². The highest BCUT2D eigenvalue weighted by molar-refractivity contribution is 5.96. The van der Waals surface area contributed by atoms with Crippen LogP contribution in [0, 0.1) is 0 Å². The third-order valence-corrected chi connectivity index (χ3v) is 2.94. The summed E-state index contributed by atoms with van der Waals surface area (Å²) in [6.45, 7) is 0.387. The van der Waals surface area contributed by atoms with Crippen LogP contribution in [0.3, 0.4) is 0 Å². The Morgan fingerprint density at radius 2 is 1.80 bits per heavy atom. The van der Waals surface area contributed by atoms with Crippen molar-refractivity contribution in [1.82, 2.24) is 5.32 Å². The average molecular weight is 271 g/mol. The molecular weight excluding hydrogens is 254 g/mol. The Bertz CT molecular complexity index is 546. The maximum atomic E-state index is 11.8. The molecule has 1 aromatic carbocycles. The smallest absolute Gasteiger partial charge is 0.220 e. The molecule has 0 unspecified atom stereocenters. The van der Waals surface area contributed by atoms with Crippen molar-refractivity contribution in [2.45, 2.75) is 25.8 Å². The van der Waals surface area contributed by atoms with Crippen LogP contribution in [0.5, 0.6) is 0 Å². The van der Waals surface area contributed by atoms with Crippen molar-refractivity contribution >= 4 is 11.7 Å². The average Bonchev–Trinajstić information content (AvgIpc) is 2.99. The molecular formula is C16H17NO3. The van der Waals surface area contributed by atoms with Gasteiger partial charge in [-0.3, -0.25) is 9.59 Å². The van der Waals surface area contributed by atoms with E-state index in [1.165, 1.54) is 0 Å². The standard InChI is InChI=1S/C16H17NO3/c18-15(13-6-2-1-3-7-13)9-4-10-16(19)17-12-14-8-5-11-20-14/h1-3,5-8,11H,4,9-10,12H2,(H,17,19). The molecule has 1 heterocycles. The molecule has 2 aromatic rings. The molecule has 0 radical (unpaired) electrons. The fraction of sp³-hybridized carbons (Fsp3) is 0.250.